The lowest BCUT2D eigenvalue weighted by Gasteiger charge is -2.20. The van der Waals surface area contributed by atoms with Gasteiger partial charge in [-0.3, -0.25) is 9.10 Å². The van der Waals surface area contributed by atoms with Crippen LogP contribution in [0.15, 0.2) is 90.0 Å². The third-order valence-corrected chi connectivity index (χ3v) is 7.38. The summed E-state index contributed by atoms with van der Waals surface area (Å²) in [6.45, 7) is 3.98. The summed E-state index contributed by atoms with van der Waals surface area (Å²) in [6.07, 6.45) is 2.14. The largest absolute Gasteiger partial charge is 0.322 e. The van der Waals surface area contributed by atoms with Gasteiger partial charge in [-0.2, -0.15) is 5.10 Å². The molecule has 1 N–H and O–H groups in total. The number of aromatic nitrogens is 2. The zero-order valence-electron chi connectivity index (χ0n) is 19.3. The lowest BCUT2D eigenvalue weighted by atomic mass is 10.1. The number of nitrogens with one attached hydrogen (secondary N) is 1. The van der Waals surface area contributed by atoms with Crippen LogP contribution in [0.5, 0.6) is 0 Å². The Balaban J connectivity index is 1.59. The normalized spacial score (nSPS) is 11.3. The maximum atomic E-state index is 13.1. The molecule has 4 aromatic rings. The molecule has 0 bridgehead atoms. The lowest BCUT2D eigenvalue weighted by Crippen LogP contribution is -2.26. The van der Waals surface area contributed by atoms with Gasteiger partial charge >= 0.3 is 0 Å². The van der Waals surface area contributed by atoms with E-state index in [1.807, 2.05) is 44.2 Å². The monoisotopic (exact) mass is 474 g/mol. The number of anilines is 2. The van der Waals surface area contributed by atoms with Crippen LogP contribution in [0.4, 0.5) is 11.4 Å². The quantitative estimate of drug-likeness (QED) is 0.416. The lowest BCUT2D eigenvalue weighted by molar-refractivity contribution is 0.102. The summed E-state index contributed by atoms with van der Waals surface area (Å²) >= 11 is 0. The van der Waals surface area contributed by atoms with Gasteiger partial charge in [0.05, 0.1) is 33.7 Å². The molecule has 174 valence electrons. The van der Waals surface area contributed by atoms with E-state index in [-0.39, 0.29) is 10.8 Å². The predicted molar refractivity (Wildman–Crippen MR) is 134 cm³/mol. The van der Waals surface area contributed by atoms with Crippen LogP contribution >= 0.6 is 0 Å². The first-order valence-electron chi connectivity index (χ1n) is 10.9. The van der Waals surface area contributed by atoms with Crippen LogP contribution in [-0.4, -0.2) is 31.2 Å². The maximum absolute atomic E-state index is 13.1. The molecule has 0 saturated carbocycles. The average molecular weight is 475 g/mol. The van der Waals surface area contributed by atoms with Crippen molar-refractivity contribution >= 4 is 27.3 Å². The highest BCUT2D eigenvalue weighted by Crippen LogP contribution is 2.24. The minimum atomic E-state index is -3.80. The Morgan fingerprint density at radius 2 is 1.71 bits per heavy atom. The second-order valence-electron chi connectivity index (χ2n) is 7.90. The molecular weight excluding hydrogens is 448 g/mol. The van der Waals surface area contributed by atoms with Crippen molar-refractivity contribution in [2.45, 2.75) is 25.2 Å². The predicted octanol–water partition coefficient (Wildman–Crippen LogP) is 4.82. The highest BCUT2D eigenvalue weighted by Gasteiger charge is 2.22. The molecule has 8 heteroatoms. The average Bonchev–Trinajstić information content (AvgIpc) is 3.29. The summed E-state index contributed by atoms with van der Waals surface area (Å²) < 4.78 is 29.2. The molecule has 0 aliphatic rings. The molecular formula is C26H26N4O3S. The van der Waals surface area contributed by atoms with Crippen LogP contribution in [0.25, 0.3) is 5.69 Å². The molecule has 0 unspecified atom stereocenters. The number of carbonyl (C=O) groups excluding carboxylic acids is 1. The number of carbonyl (C=O) groups is 1. The van der Waals surface area contributed by atoms with E-state index in [9.17, 15) is 13.2 Å². The first-order chi connectivity index (χ1) is 16.3. The minimum absolute atomic E-state index is 0.0859. The van der Waals surface area contributed by atoms with Gasteiger partial charge < -0.3 is 5.32 Å². The van der Waals surface area contributed by atoms with Crippen molar-refractivity contribution in [2.75, 3.05) is 16.7 Å². The van der Waals surface area contributed by atoms with Gasteiger partial charge in [-0.05, 0) is 55.8 Å². The SMILES string of the molecule is CCc1c(C(=O)Nc2cccc(S(=O)(=O)N(C)c3ccccc3)c2)cnn1-c1ccc(C)cc1. The van der Waals surface area contributed by atoms with Crippen molar-refractivity contribution in [3.05, 3.63) is 102 Å². The number of sulfonamides is 1. The smallest absolute Gasteiger partial charge is 0.264 e. The number of hydrogen-bond acceptors (Lipinski definition) is 4. The van der Waals surface area contributed by atoms with Crippen molar-refractivity contribution < 1.29 is 13.2 Å². The highest BCUT2D eigenvalue weighted by atomic mass is 32.2. The number of hydrogen-bond donors (Lipinski definition) is 1. The first kappa shape index (κ1) is 23.3. The molecule has 1 heterocycles. The first-order valence-corrected chi connectivity index (χ1v) is 12.3. The Bertz CT molecular complexity index is 1410. The number of amides is 1. The van der Waals surface area contributed by atoms with E-state index in [2.05, 4.69) is 10.4 Å². The molecule has 0 atom stereocenters. The summed E-state index contributed by atoms with van der Waals surface area (Å²) in [4.78, 5) is 13.2. The zero-order valence-corrected chi connectivity index (χ0v) is 20.1. The van der Waals surface area contributed by atoms with Crippen LogP contribution in [0, 0.1) is 6.92 Å². The Kier molecular flexibility index (Phi) is 6.51. The fourth-order valence-electron chi connectivity index (χ4n) is 3.68. The molecule has 34 heavy (non-hydrogen) atoms. The zero-order chi connectivity index (χ0) is 24.3. The molecule has 4 rings (SSSR count). The molecule has 0 radical (unpaired) electrons. The third kappa shape index (κ3) is 4.58. The van der Waals surface area contributed by atoms with Crippen LogP contribution < -0.4 is 9.62 Å². The van der Waals surface area contributed by atoms with Crippen LogP contribution in [0.2, 0.25) is 0 Å². The topological polar surface area (TPSA) is 84.3 Å². The third-order valence-electron chi connectivity index (χ3n) is 5.60. The van der Waals surface area contributed by atoms with E-state index in [1.165, 1.54) is 29.7 Å². The Hall–Kier alpha value is -3.91. The van der Waals surface area contributed by atoms with Crippen molar-refractivity contribution in [3.8, 4) is 5.69 Å². The molecule has 0 aliphatic heterocycles. The second kappa shape index (κ2) is 9.52. The van der Waals surface area contributed by atoms with Gasteiger partial charge in [0.15, 0.2) is 0 Å². The second-order valence-corrected chi connectivity index (χ2v) is 9.87. The molecule has 0 aliphatic carbocycles. The van der Waals surface area contributed by atoms with Crippen molar-refractivity contribution in [3.63, 3.8) is 0 Å². The van der Waals surface area contributed by atoms with Crippen molar-refractivity contribution in [1.82, 2.24) is 9.78 Å². The number of rotatable bonds is 7. The fourth-order valence-corrected chi connectivity index (χ4v) is 4.92. The molecule has 7 nitrogen and oxygen atoms in total. The fraction of sp³-hybridized carbons (Fsp3) is 0.154. The summed E-state index contributed by atoms with van der Waals surface area (Å²) in [5.74, 6) is -0.346. The van der Waals surface area contributed by atoms with E-state index < -0.39 is 10.0 Å². The number of nitrogens with zero attached hydrogens (tertiary/aromatic N) is 3. The van der Waals surface area contributed by atoms with Crippen LogP contribution in [0.1, 0.15) is 28.5 Å². The van der Waals surface area contributed by atoms with Crippen LogP contribution in [0.3, 0.4) is 0 Å². The van der Waals surface area contributed by atoms with Crippen LogP contribution in [-0.2, 0) is 16.4 Å². The summed E-state index contributed by atoms with van der Waals surface area (Å²) in [6, 6.07) is 23.0. The number of benzene rings is 3. The summed E-state index contributed by atoms with van der Waals surface area (Å²) in [5.41, 5.74) is 4.16. The van der Waals surface area contributed by atoms with Gasteiger partial charge in [0, 0.05) is 12.7 Å². The molecule has 0 spiro atoms. The van der Waals surface area contributed by atoms with Gasteiger partial charge in [-0.1, -0.05) is 48.9 Å². The van der Waals surface area contributed by atoms with Gasteiger partial charge in [0.1, 0.15) is 0 Å². The Morgan fingerprint density at radius 3 is 2.38 bits per heavy atom. The van der Waals surface area contributed by atoms with Gasteiger partial charge in [-0.25, -0.2) is 13.1 Å². The Morgan fingerprint density at radius 1 is 1.00 bits per heavy atom. The Labute approximate surface area is 199 Å². The number of para-hydroxylation sites is 1. The molecule has 0 fully saturated rings. The molecule has 0 saturated heterocycles. The minimum Gasteiger partial charge on any atom is -0.322 e. The van der Waals surface area contributed by atoms with Gasteiger partial charge in [0.25, 0.3) is 15.9 Å². The summed E-state index contributed by atoms with van der Waals surface area (Å²) in [7, 11) is -2.29. The van der Waals surface area contributed by atoms with Gasteiger partial charge in [-0.15, -0.1) is 0 Å². The molecule has 1 amide bonds. The maximum Gasteiger partial charge on any atom is 0.264 e. The number of aryl methyl sites for hydroxylation is 1. The van der Waals surface area contributed by atoms with E-state index in [0.717, 1.165) is 16.9 Å². The van der Waals surface area contributed by atoms with Crippen molar-refractivity contribution in [2.24, 2.45) is 0 Å². The highest BCUT2D eigenvalue weighted by molar-refractivity contribution is 7.92. The van der Waals surface area contributed by atoms with E-state index in [1.54, 1.807) is 41.1 Å². The van der Waals surface area contributed by atoms with Crippen molar-refractivity contribution in [1.29, 1.82) is 0 Å². The van der Waals surface area contributed by atoms with E-state index >= 15 is 0 Å². The molecule has 1 aromatic heterocycles. The van der Waals surface area contributed by atoms with E-state index in [4.69, 9.17) is 0 Å². The molecule has 3 aromatic carbocycles. The van der Waals surface area contributed by atoms with Gasteiger partial charge in [0.2, 0.25) is 0 Å². The summed E-state index contributed by atoms with van der Waals surface area (Å²) in [5, 5.41) is 7.24. The van der Waals surface area contributed by atoms with E-state index in [0.29, 0.717) is 23.4 Å². The standard InChI is InChI=1S/C26H26N4O3S/c1-4-25-24(18-27-30(25)22-15-13-19(2)14-16-22)26(31)28-20-9-8-12-23(17-20)34(32,33)29(3)21-10-6-5-7-11-21/h5-18H,4H2,1-3H3,(H,28,31).